The van der Waals surface area contributed by atoms with Crippen LogP contribution in [0.2, 0.25) is 0 Å². The van der Waals surface area contributed by atoms with Crippen molar-refractivity contribution in [3.05, 3.63) is 65.2 Å². The Morgan fingerprint density at radius 1 is 0.967 bits per heavy atom. The Kier molecular flexibility index (Phi) is 10.8. The summed E-state index contributed by atoms with van der Waals surface area (Å²) in [5, 5.41) is 9.15. The third kappa shape index (κ3) is 8.70. The van der Waals surface area contributed by atoms with Crippen molar-refractivity contribution in [3.8, 4) is 0 Å². The van der Waals surface area contributed by atoms with Crippen LogP contribution in [-0.2, 0) is 27.7 Å². The van der Waals surface area contributed by atoms with Crippen molar-refractivity contribution in [1.82, 2.24) is 16.0 Å². The van der Waals surface area contributed by atoms with Crippen LogP contribution in [-0.4, -0.2) is 40.1 Å². The summed E-state index contributed by atoms with van der Waals surface area (Å²) >= 11 is 0. The van der Waals surface area contributed by atoms with Gasteiger partial charge in [0.1, 0.15) is 0 Å². The average molecular weight is 544 g/mol. The number of sulfone groups is 1. The van der Waals surface area contributed by atoms with Crippen molar-refractivity contribution >= 4 is 45.7 Å². The van der Waals surface area contributed by atoms with E-state index in [-0.39, 0.29) is 29.9 Å². The molecule has 0 bridgehead atoms. The van der Waals surface area contributed by atoms with Crippen molar-refractivity contribution in [2.75, 3.05) is 19.8 Å². The minimum absolute atomic E-state index is 0. The zero-order valence-electron chi connectivity index (χ0n) is 17.4. The second kappa shape index (κ2) is 12.5. The first kappa shape index (κ1) is 25.9. The van der Waals surface area contributed by atoms with Crippen molar-refractivity contribution in [2.24, 2.45) is 4.99 Å². The normalized spacial score (nSPS) is 11.4. The number of hydrogen-bond acceptors (Lipinski definition) is 4. The molecule has 30 heavy (non-hydrogen) atoms. The molecule has 2 rings (SSSR count). The Balaban J connectivity index is 0.00000450. The van der Waals surface area contributed by atoms with Gasteiger partial charge in [-0.2, -0.15) is 0 Å². The van der Waals surface area contributed by atoms with Crippen LogP contribution >= 0.6 is 24.0 Å². The smallest absolute Gasteiger partial charge is 0.222 e. The molecule has 0 unspecified atom stereocenters. The molecule has 7 nitrogen and oxygen atoms in total. The van der Waals surface area contributed by atoms with Crippen LogP contribution < -0.4 is 16.0 Å². The molecule has 2 aromatic carbocycles. The summed E-state index contributed by atoms with van der Waals surface area (Å²) in [4.78, 5) is 16.4. The molecule has 3 N–H and O–H groups in total. The van der Waals surface area contributed by atoms with E-state index in [0.29, 0.717) is 42.5 Å². The molecule has 164 valence electrons. The fraction of sp³-hybridized carbons (Fsp3) is 0.333. The van der Waals surface area contributed by atoms with E-state index < -0.39 is 9.84 Å². The van der Waals surface area contributed by atoms with Crippen LogP contribution in [0.3, 0.4) is 0 Å². The molecule has 0 aliphatic rings. The third-order valence-electron chi connectivity index (χ3n) is 4.30. The standard InChI is InChI=1S/C21H28N4O3S.HI/c1-16-13-18(9-10-19(16)29(3,27)28)15-25-21(22-2)23-12-11-20(26)24-14-17-7-5-4-6-8-17;/h4-10,13H,11-12,14-15H2,1-3H3,(H,24,26)(H2,22,23,25);1H. The number of nitrogens with one attached hydrogen (secondary N) is 3. The van der Waals surface area contributed by atoms with Gasteiger partial charge in [-0.05, 0) is 29.7 Å². The Morgan fingerprint density at radius 3 is 2.23 bits per heavy atom. The van der Waals surface area contributed by atoms with Gasteiger partial charge in [-0.1, -0.05) is 42.5 Å². The Bertz CT molecular complexity index is 963. The second-order valence-corrected chi connectivity index (χ2v) is 8.72. The lowest BCUT2D eigenvalue weighted by Crippen LogP contribution is -2.38. The van der Waals surface area contributed by atoms with Crippen LogP contribution in [0.25, 0.3) is 0 Å². The SMILES string of the molecule is CN=C(NCCC(=O)NCc1ccccc1)NCc1ccc(S(C)(=O)=O)c(C)c1.I. The quantitative estimate of drug-likeness (QED) is 0.269. The number of halogens is 1. The van der Waals surface area contributed by atoms with Crippen LogP contribution in [0.5, 0.6) is 0 Å². The van der Waals surface area contributed by atoms with E-state index in [9.17, 15) is 13.2 Å². The molecule has 0 saturated carbocycles. The first-order chi connectivity index (χ1) is 13.8. The Hall–Kier alpha value is -2.14. The van der Waals surface area contributed by atoms with Crippen LogP contribution in [0.15, 0.2) is 58.4 Å². The summed E-state index contributed by atoms with van der Waals surface area (Å²) in [5.41, 5.74) is 2.71. The lowest BCUT2D eigenvalue weighted by atomic mass is 10.1. The fourth-order valence-electron chi connectivity index (χ4n) is 2.82. The molecular weight excluding hydrogens is 515 g/mol. The van der Waals surface area contributed by atoms with Gasteiger partial charge in [-0.15, -0.1) is 24.0 Å². The summed E-state index contributed by atoms with van der Waals surface area (Å²) in [6, 6.07) is 15.0. The van der Waals surface area contributed by atoms with E-state index in [2.05, 4.69) is 20.9 Å². The Labute approximate surface area is 195 Å². The summed E-state index contributed by atoms with van der Waals surface area (Å²) < 4.78 is 23.4. The van der Waals surface area contributed by atoms with Crippen molar-refractivity contribution < 1.29 is 13.2 Å². The number of benzene rings is 2. The first-order valence-corrected chi connectivity index (χ1v) is 11.2. The van der Waals surface area contributed by atoms with E-state index in [1.807, 2.05) is 36.4 Å². The zero-order valence-corrected chi connectivity index (χ0v) is 20.6. The maximum absolute atomic E-state index is 12.0. The van der Waals surface area contributed by atoms with Gasteiger partial charge in [0, 0.05) is 39.4 Å². The van der Waals surface area contributed by atoms with Crippen LogP contribution in [0.4, 0.5) is 0 Å². The van der Waals surface area contributed by atoms with Crippen molar-refractivity contribution in [3.63, 3.8) is 0 Å². The van der Waals surface area contributed by atoms with Gasteiger partial charge in [0.15, 0.2) is 15.8 Å². The van der Waals surface area contributed by atoms with Crippen LogP contribution in [0.1, 0.15) is 23.1 Å². The summed E-state index contributed by atoms with van der Waals surface area (Å²) in [7, 11) is -1.57. The number of carbonyl (C=O) groups excluding carboxylic acids is 1. The number of carbonyl (C=O) groups is 1. The molecule has 0 aliphatic heterocycles. The van der Waals surface area contributed by atoms with Crippen molar-refractivity contribution in [2.45, 2.75) is 31.3 Å². The predicted molar refractivity (Wildman–Crippen MR) is 131 cm³/mol. The van der Waals surface area contributed by atoms with Crippen LogP contribution in [0, 0.1) is 6.92 Å². The van der Waals surface area contributed by atoms with E-state index in [0.717, 1.165) is 11.1 Å². The molecule has 9 heteroatoms. The minimum atomic E-state index is -3.22. The van der Waals surface area contributed by atoms with E-state index >= 15 is 0 Å². The number of nitrogens with zero attached hydrogens (tertiary/aromatic N) is 1. The van der Waals surface area contributed by atoms with E-state index in [1.165, 1.54) is 6.26 Å². The molecule has 0 aromatic heterocycles. The van der Waals surface area contributed by atoms with E-state index in [4.69, 9.17) is 0 Å². The van der Waals surface area contributed by atoms with Gasteiger partial charge in [-0.3, -0.25) is 9.79 Å². The fourth-order valence-corrected chi connectivity index (χ4v) is 3.78. The molecule has 1 amide bonds. The number of guanidine groups is 1. The number of aryl methyl sites for hydroxylation is 1. The topological polar surface area (TPSA) is 99.7 Å². The highest BCUT2D eigenvalue weighted by Crippen LogP contribution is 2.16. The number of hydrogen-bond donors (Lipinski definition) is 3. The average Bonchev–Trinajstić information content (AvgIpc) is 2.68. The molecule has 0 spiro atoms. The molecule has 0 heterocycles. The third-order valence-corrected chi connectivity index (χ3v) is 5.56. The maximum atomic E-state index is 12.0. The summed E-state index contributed by atoms with van der Waals surface area (Å²) in [5.74, 6) is 0.537. The van der Waals surface area contributed by atoms with Gasteiger partial charge < -0.3 is 16.0 Å². The van der Waals surface area contributed by atoms with Gasteiger partial charge in [0.25, 0.3) is 0 Å². The highest BCUT2D eigenvalue weighted by Gasteiger charge is 2.11. The number of amides is 1. The van der Waals surface area contributed by atoms with Crippen molar-refractivity contribution in [1.29, 1.82) is 0 Å². The monoisotopic (exact) mass is 544 g/mol. The minimum Gasteiger partial charge on any atom is -0.356 e. The number of rotatable bonds is 8. The first-order valence-electron chi connectivity index (χ1n) is 9.34. The molecular formula is C21H29IN4O3S. The highest BCUT2D eigenvalue weighted by atomic mass is 127. The molecule has 0 atom stereocenters. The molecule has 2 aromatic rings. The zero-order chi connectivity index (χ0) is 21.3. The summed E-state index contributed by atoms with van der Waals surface area (Å²) in [6.07, 6.45) is 1.53. The summed E-state index contributed by atoms with van der Waals surface area (Å²) in [6.45, 7) is 3.23. The molecule has 0 aliphatic carbocycles. The maximum Gasteiger partial charge on any atom is 0.222 e. The van der Waals surface area contributed by atoms with Gasteiger partial charge in [0.2, 0.25) is 5.91 Å². The predicted octanol–water partition coefficient (Wildman–Crippen LogP) is 2.39. The Morgan fingerprint density at radius 2 is 1.63 bits per heavy atom. The molecule has 0 fully saturated rings. The van der Waals surface area contributed by atoms with Gasteiger partial charge >= 0.3 is 0 Å². The van der Waals surface area contributed by atoms with Gasteiger partial charge in [0.05, 0.1) is 4.90 Å². The van der Waals surface area contributed by atoms with E-state index in [1.54, 1.807) is 26.1 Å². The second-order valence-electron chi connectivity index (χ2n) is 6.74. The largest absolute Gasteiger partial charge is 0.356 e. The number of aliphatic imine (C=N–C) groups is 1. The van der Waals surface area contributed by atoms with Gasteiger partial charge in [-0.25, -0.2) is 8.42 Å². The molecule has 0 radical (unpaired) electrons. The molecule has 0 saturated heterocycles. The lowest BCUT2D eigenvalue weighted by molar-refractivity contribution is -0.121. The lowest BCUT2D eigenvalue weighted by Gasteiger charge is -2.13. The highest BCUT2D eigenvalue weighted by molar-refractivity contribution is 14.0.